The van der Waals surface area contributed by atoms with Gasteiger partial charge in [-0.3, -0.25) is 14.8 Å². The number of likely N-dealkylation sites (N-methyl/N-ethyl adjacent to an activating group) is 1. The van der Waals surface area contributed by atoms with Crippen LogP contribution in [0.25, 0.3) is 33.5 Å². The lowest BCUT2D eigenvalue weighted by Gasteiger charge is -2.29. The number of halogens is 1. The predicted octanol–water partition coefficient (Wildman–Crippen LogP) is 4.69. The number of aromatic amines is 2. The van der Waals surface area contributed by atoms with E-state index in [4.69, 9.17) is 4.98 Å². The lowest BCUT2D eigenvalue weighted by Crippen LogP contribution is -2.41. The van der Waals surface area contributed by atoms with Crippen molar-refractivity contribution in [1.82, 2.24) is 39.9 Å². The summed E-state index contributed by atoms with van der Waals surface area (Å²) in [7, 11) is 2.22. The third kappa shape index (κ3) is 4.87. The van der Waals surface area contributed by atoms with Crippen LogP contribution in [0.1, 0.15) is 53.6 Å². The summed E-state index contributed by atoms with van der Waals surface area (Å²) in [6.45, 7) is 5.88. The smallest absolute Gasteiger partial charge is 0.274 e. The van der Waals surface area contributed by atoms with Gasteiger partial charge in [0.25, 0.3) is 5.91 Å². The van der Waals surface area contributed by atoms with Gasteiger partial charge >= 0.3 is 0 Å². The number of phenols is 1. The fourth-order valence-corrected chi connectivity index (χ4v) is 7.04. The Morgan fingerprint density at radius 3 is 2.76 bits per heavy atom. The molecule has 0 atom stereocenters. The molecule has 1 spiro atoms. The van der Waals surface area contributed by atoms with Crippen LogP contribution in [0.5, 0.6) is 5.75 Å². The van der Waals surface area contributed by atoms with Gasteiger partial charge in [0.05, 0.1) is 35.8 Å². The molecule has 1 aliphatic carbocycles. The van der Waals surface area contributed by atoms with Gasteiger partial charge in [-0.25, -0.2) is 19.3 Å². The van der Waals surface area contributed by atoms with Crippen molar-refractivity contribution in [2.75, 3.05) is 38.1 Å². The van der Waals surface area contributed by atoms with E-state index in [1.165, 1.54) is 25.0 Å². The summed E-state index contributed by atoms with van der Waals surface area (Å²) in [6.07, 6.45) is 8.15. The summed E-state index contributed by atoms with van der Waals surface area (Å²) < 4.78 is 14.2. The first-order valence-corrected chi connectivity index (χ1v) is 16.0. The molecule has 11 nitrogen and oxygen atoms in total. The second-order valence-electron chi connectivity index (χ2n) is 12.8. The van der Waals surface area contributed by atoms with E-state index in [0.717, 1.165) is 70.9 Å². The molecule has 5 aromatic rings. The zero-order valence-corrected chi connectivity index (χ0v) is 26.0. The van der Waals surface area contributed by atoms with Gasteiger partial charge in [0.1, 0.15) is 17.2 Å². The Morgan fingerprint density at radius 1 is 1.11 bits per heavy atom. The number of carbonyl (C=O) groups is 1. The molecule has 8 rings (SSSR count). The van der Waals surface area contributed by atoms with E-state index in [1.807, 2.05) is 25.1 Å². The third-order valence-electron chi connectivity index (χ3n) is 10.00. The van der Waals surface area contributed by atoms with Gasteiger partial charge in [-0.2, -0.15) is 5.10 Å². The van der Waals surface area contributed by atoms with Crippen molar-refractivity contribution >= 4 is 22.6 Å². The molecular formula is C34H36FN9O2. The number of anilines is 1. The molecule has 1 amide bonds. The number of aromatic nitrogens is 6. The maximum atomic E-state index is 14.2. The van der Waals surface area contributed by atoms with E-state index in [0.29, 0.717) is 43.1 Å². The maximum Gasteiger partial charge on any atom is 0.274 e. The molecule has 3 N–H and O–H groups in total. The first-order valence-electron chi connectivity index (χ1n) is 16.0. The molecule has 12 heteroatoms. The van der Waals surface area contributed by atoms with Gasteiger partial charge in [-0.1, -0.05) is 13.0 Å². The lowest BCUT2D eigenvalue weighted by atomic mass is 9.96. The number of rotatable bonds is 5. The summed E-state index contributed by atoms with van der Waals surface area (Å²) in [5, 5.41) is 18.3. The van der Waals surface area contributed by atoms with Crippen LogP contribution in [-0.4, -0.2) is 89.7 Å². The van der Waals surface area contributed by atoms with E-state index in [-0.39, 0.29) is 17.2 Å². The summed E-state index contributed by atoms with van der Waals surface area (Å²) in [6, 6.07) is 8.66. The highest BCUT2D eigenvalue weighted by atomic mass is 19.1. The van der Waals surface area contributed by atoms with Crippen LogP contribution in [0.2, 0.25) is 0 Å². The SMILES string of the molecule is CCc1cc(O)c(F)cc1-c1ccc2c(-c3nc4c([nH]3)CN(C(=O)c3cnc(N5CCCN(C)C6(CC6)C5)cn3)CC4)n[nH]c2c1. The van der Waals surface area contributed by atoms with Crippen LogP contribution in [0.4, 0.5) is 10.2 Å². The van der Waals surface area contributed by atoms with Crippen LogP contribution < -0.4 is 4.90 Å². The molecule has 3 aromatic heterocycles. The number of carbonyl (C=O) groups excluding carboxylic acids is 1. The van der Waals surface area contributed by atoms with Crippen LogP contribution in [-0.2, 0) is 19.4 Å². The van der Waals surface area contributed by atoms with E-state index in [2.05, 4.69) is 42.0 Å². The molecule has 2 aliphatic heterocycles. The lowest BCUT2D eigenvalue weighted by molar-refractivity contribution is 0.0725. The van der Waals surface area contributed by atoms with Crippen LogP contribution in [0, 0.1) is 5.82 Å². The van der Waals surface area contributed by atoms with Gasteiger partial charge < -0.3 is 19.9 Å². The van der Waals surface area contributed by atoms with E-state index >= 15 is 0 Å². The molecule has 1 saturated heterocycles. The highest BCUT2D eigenvalue weighted by Crippen LogP contribution is 2.43. The largest absolute Gasteiger partial charge is 0.505 e. The Morgan fingerprint density at radius 2 is 1.98 bits per heavy atom. The molecule has 46 heavy (non-hydrogen) atoms. The molecule has 2 aromatic carbocycles. The summed E-state index contributed by atoms with van der Waals surface area (Å²) in [5.74, 6) is 0.314. The Balaban J connectivity index is 0.989. The first-order chi connectivity index (χ1) is 22.3. The van der Waals surface area contributed by atoms with Crippen molar-refractivity contribution in [3.05, 3.63) is 71.2 Å². The molecule has 1 saturated carbocycles. The average Bonchev–Trinajstić information content (AvgIpc) is 3.60. The fourth-order valence-electron chi connectivity index (χ4n) is 7.04. The van der Waals surface area contributed by atoms with Gasteiger partial charge in [0.15, 0.2) is 17.4 Å². The standard InChI is InChI=1S/C34H36FN9O2/c1-3-20-14-29(45)24(35)15-23(20)21-5-6-22-26(13-21)40-41-31(22)32-38-25-7-12-43(18-28(25)39-32)33(46)27-16-37-30(17-36-27)44-11-4-10-42(2)34(19-44)8-9-34/h5-6,13-17,45H,3-4,7-12,18-19H2,1-2H3,(H,38,39)(H,40,41). The second-order valence-corrected chi connectivity index (χ2v) is 12.8. The molecule has 0 bridgehead atoms. The number of phenolic OH excluding ortho intramolecular Hbond substituents is 1. The van der Waals surface area contributed by atoms with Crippen LogP contribution in [0.3, 0.4) is 0 Å². The van der Waals surface area contributed by atoms with Crippen molar-refractivity contribution < 1.29 is 14.3 Å². The zero-order chi connectivity index (χ0) is 31.6. The molecule has 2 fully saturated rings. The van der Waals surface area contributed by atoms with E-state index in [9.17, 15) is 14.3 Å². The predicted molar refractivity (Wildman–Crippen MR) is 172 cm³/mol. The molecule has 5 heterocycles. The molecular weight excluding hydrogens is 585 g/mol. The van der Waals surface area contributed by atoms with Gasteiger partial charge in [0.2, 0.25) is 0 Å². The van der Waals surface area contributed by atoms with E-state index < -0.39 is 5.82 Å². The van der Waals surface area contributed by atoms with Crippen LogP contribution >= 0.6 is 0 Å². The van der Waals surface area contributed by atoms with Crippen molar-refractivity contribution in [2.24, 2.45) is 0 Å². The summed E-state index contributed by atoms with van der Waals surface area (Å²) in [4.78, 5) is 37.5. The molecule has 3 aliphatic rings. The zero-order valence-electron chi connectivity index (χ0n) is 26.0. The Bertz CT molecular complexity index is 1960. The minimum Gasteiger partial charge on any atom is -0.505 e. The normalized spacial score (nSPS) is 17.8. The molecule has 236 valence electrons. The number of H-pyrrole nitrogens is 2. The Kier molecular flexibility index (Phi) is 6.78. The number of nitrogens with one attached hydrogen (secondary N) is 2. The number of aryl methyl sites for hydroxylation is 1. The average molecular weight is 622 g/mol. The summed E-state index contributed by atoms with van der Waals surface area (Å²) in [5.41, 5.74) is 6.28. The second kappa shape index (κ2) is 10.9. The highest BCUT2D eigenvalue weighted by Gasteiger charge is 2.48. The third-order valence-corrected chi connectivity index (χ3v) is 10.00. The number of hydrogen-bond donors (Lipinski definition) is 3. The van der Waals surface area contributed by atoms with Gasteiger partial charge in [0, 0.05) is 43.5 Å². The van der Waals surface area contributed by atoms with Crippen molar-refractivity contribution in [2.45, 2.75) is 51.1 Å². The molecule has 0 unspecified atom stereocenters. The number of aromatic hydroxyl groups is 1. The Labute approximate surface area is 265 Å². The Hall–Kier alpha value is -4.84. The van der Waals surface area contributed by atoms with Crippen molar-refractivity contribution in [3.63, 3.8) is 0 Å². The number of benzene rings is 2. The summed E-state index contributed by atoms with van der Waals surface area (Å²) >= 11 is 0. The fraction of sp³-hybridized carbons (Fsp3) is 0.382. The first kappa shape index (κ1) is 28.6. The minimum absolute atomic E-state index is 0.148. The van der Waals surface area contributed by atoms with Gasteiger partial charge in [-0.15, -0.1) is 0 Å². The van der Waals surface area contributed by atoms with Crippen molar-refractivity contribution in [3.8, 4) is 28.4 Å². The number of hydrogen-bond acceptors (Lipinski definition) is 8. The highest BCUT2D eigenvalue weighted by molar-refractivity contribution is 5.94. The number of fused-ring (bicyclic) bond motifs is 2. The monoisotopic (exact) mass is 621 g/mol. The number of nitrogens with zero attached hydrogens (tertiary/aromatic N) is 7. The van der Waals surface area contributed by atoms with Crippen molar-refractivity contribution in [1.29, 1.82) is 0 Å². The topological polar surface area (TPSA) is 130 Å². The minimum atomic E-state index is -0.650. The van der Waals surface area contributed by atoms with E-state index in [1.54, 1.807) is 17.3 Å². The maximum absolute atomic E-state index is 14.2. The van der Waals surface area contributed by atoms with Gasteiger partial charge in [-0.05, 0) is 73.7 Å². The quantitative estimate of drug-likeness (QED) is 0.258. The number of imidazole rings is 1. The molecule has 0 radical (unpaired) electrons. The van der Waals surface area contributed by atoms with Crippen LogP contribution in [0.15, 0.2) is 42.7 Å². The number of amides is 1.